The number of piperidine rings is 1. The van der Waals surface area contributed by atoms with Gasteiger partial charge in [-0.3, -0.25) is 0 Å². The van der Waals surface area contributed by atoms with Crippen LogP contribution in [0.3, 0.4) is 0 Å². The van der Waals surface area contributed by atoms with Gasteiger partial charge in [-0.25, -0.2) is 14.8 Å². The van der Waals surface area contributed by atoms with Crippen LogP contribution in [0.1, 0.15) is 33.6 Å². The van der Waals surface area contributed by atoms with Gasteiger partial charge in [0, 0.05) is 13.6 Å². The normalized spacial score (nSPS) is 17.8. The Bertz CT molecular complexity index is 788. The minimum Gasteiger partial charge on any atom is -0.470 e. The number of anilines is 1. The number of amides is 1. The van der Waals surface area contributed by atoms with Gasteiger partial charge in [-0.05, 0) is 45.7 Å². The highest BCUT2D eigenvalue weighted by atomic mass is 16.6. The van der Waals surface area contributed by atoms with Crippen molar-refractivity contribution in [1.82, 2.24) is 14.9 Å². The fourth-order valence-corrected chi connectivity index (χ4v) is 2.91. The van der Waals surface area contributed by atoms with E-state index in [1.807, 2.05) is 45.0 Å². The monoisotopic (exact) mass is 358 g/mol. The van der Waals surface area contributed by atoms with Crippen LogP contribution in [-0.4, -0.2) is 52.8 Å². The summed E-state index contributed by atoms with van der Waals surface area (Å²) in [6.07, 6.45) is 1.28. The fraction of sp³-hybridized carbons (Fsp3) is 0.526. The molecular weight excluding hydrogens is 332 g/mol. The first-order chi connectivity index (χ1) is 12.4. The van der Waals surface area contributed by atoms with E-state index in [1.54, 1.807) is 11.9 Å². The number of carbonyl (C=O) groups is 1. The second kappa shape index (κ2) is 7.35. The van der Waals surface area contributed by atoms with Gasteiger partial charge in [-0.15, -0.1) is 0 Å². The first-order valence-electron chi connectivity index (χ1n) is 8.95. The summed E-state index contributed by atoms with van der Waals surface area (Å²) >= 11 is 0. The first-order valence-corrected chi connectivity index (χ1v) is 8.95. The van der Waals surface area contributed by atoms with Crippen molar-refractivity contribution in [3.05, 3.63) is 24.3 Å². The van der Waals surface area contributed by atoms with Crippen molar-refractivity contribution in [2.45, 2.75) is 45.3 Å². The first kappa shape index (κ1) is 18.2. The molecule has 0 saturated carbocycles. The summed E-state index contributed by atoms with van der Waals surface area (Å²) in [4.78, 5) is 23.2. The van der Waals surface area contributed by atoms with Gasteiger partial charge in [-0.2, -0.15) is 0 Å². The van der Waals surface area contributed by atoms with Gasteiger partial charge >= 0.3 is 6.09 Å². The van der Waals surface area contributed by atoms with Crippen LogP contribution in [0.15, 0.2) is 24.3 Å². The third-order valence-electron chi connectivity index (χ3n) is 4.08. The molecule has 1 N–H and O–H groups in total. The average Bonchev–Trinajstić information content (AvgIpc) is 2.60. The number of benzene rings is 1. The Morgan fingerprint density at radius 1 is 1.23 bits per heavy atom. The number of aromatic nitrogens is 2. The Labute approximate surface area is 153 Å². The summed E-state index contributed by atoms with van der Waals surface area (Å²) in [5, 5.41) is 3.04. The van der Waals surface area contributed by atoms with Crippen molar-refractivity contribution < 1.29 is 14.3 Å². The maximum atomic E-state index is 12.3. The highest BCUT2D eigenvalue weighted by Gasteiger charge is 2.29. The van der Waals surface area contributed by atoms with Gasteiger partial charge in [0.25, 0.3) is 5.88 Å². The molecule has 0 unspecified atom stereocenters. The molecule has 3 rings (SSSR count). The molecule has 0 aliphatic carbocycles. The number of para-hydroxylation sites is 2. The van der Waals surface area contributed by atoms with Crippen molar-refractivity contribution in [3.63, 3.8) is 0 Å². The van der Waals surface area contributed by atoms with Crippen molar-refractivity contribution in [2.75, 3.05) is 25.5 Å². The lowest BCUT2D eigenvalue weighted by atomic mass is 10.1. The van der Waals surface area contributed by atoms with E-state index in [0.717, 1.165) is 23.9 Å². The van der Waals surface area contributed by atoms with Crippen molar-refractivity contribution in [2.24, 2.45) is 0 Å². The Kier molecular flexibility index (Phi) is 5.15. The smallest absolute Gasteiger partial charge is 0.410 e. The van der Waals surface area contributed by atoms with Gasteiger partial charge in [-0.1, -0.05) is 12.1 Å². The number of ether oxygens (including phenoxy) is 2. The van der Waals surface area contributed by atoms with E-state index in [4.69, 9.17) is 9.47 Å². The zero-order valence-corrected chi connectivity index (χ0v) is 15.8. The number of nitrogens with one attached hydrogen (secondary N) is 1. The molecule has 1 amide bonds. The van der Waals surface area contributed by atoms with Gasteiger partial charge in [0.05, 0.1) is 17.6 Å². The van der Waals surface area contributed by atoms with E-state index in [2.05, 4.69) is 15.3 Å². The molecule has 7 heteroatoms. The topological polar surface area (TPSA) is 76.6 Å². The number of likely N-dealkylation sites (tertiary alicyclic amines) is 1. The molecule has 0 spiro atoms. The summed E-state index contributed by atoms with van der Waals surface area (Å²) < 4.78 is 11.6. The van der Waals surface area contributed by atoms with Crippen LogP contribution < -0.4 is 10.1 Å². The van der Waals surface area contributed by atoms with E-state index >= 15 is 0 Å². The lowest BCUT2D eigenvalue weighted by Crippen LogP contribution is -2.46. The molecule has 1 fully saturated rings. The molecule has 0 radical (unpaired) electrons. The maximum Gasteiger partial charge on any atom is 0.410 e. The van der Waals surface area contributed by atoms with Crippen molar-refractivity contribution in [3.8, 4) is 5.88 Å². The molecule has 0 bridgehead atoms. The molecule has 1 aromatic heterocycles. The highest BCUT2D eigenvalue weighted by molar-refractivity contribution is 5.77. The van der Waals surface area contributed by atoms with E-state index in [0.29, 0.717) is 24.8 Å². The maximum absolute atomic E-state index is 12.3. The number of hydrogen-bond acceptors (Lipinski definition) is 6. The third kappa shape index (κ3) is 4.33. The molecule has 140 valence electrons. The summed E-state index contributed by atoms with van der Waals surface area (Å²) in [6, 6.07) is 7.67. The van der Waals surface area contributed by atoms with Crippen LogP contribution in [0.5, 0.6) is 5.88 Å². The number of fused-ring (bicyclic) bond motifs is 1. The molecular formula is C19H26N4O3. The fourth-order valence-electron chi connectivity index (χ4n) is 2.91. The molecule has 1 aromatic carbocycles. The predicted molar refractivity (Wildman–Crippen MR) is 101 cm³/mol. The molecule has 1 aliphatic heterocycles. The van der Waals surface area contributed by atoms with E-state index in [1.165, 1.54) is 0 Å². The van der Waals surface area contributed by atoms with Crippen LogP contribution in [-0.2, 0) is 4.74 Å². The molecule has 2 aromatic rings. The van der Waals surface area contributed by atoms with E-state index in [-0.39, 0.29) is 12.2 Å². The SMILES string of the molecule is CNc1nc2ccccc2nc1O[C@H]1CCCN(C(=O)OC(C)(C)C)C1. The second-order valence-corrected chi connectivity index (χ2v) is 7.42. The third-order valence-corrected chi connectivity index (χ3v) is 4.08. The van der Waals surface area contributed by atoms with Gasteiger partial charge < -0.3 is 19.7 Å². The number of hydrogen-bond donors (Lipinski definition) is 1. The summed E-state index contributed by atoms with van der Waals surface area (Å²) in [5.74, 6) is 1.06. The molecule has 1 saturated heterocycles. The lowest BCUT2D eigenvalue weighted by molar-refractivity contribution is 0.00733. The van der Waals surface area contributed by atoms with Crippen LogP contribution in [0.25, 0.3) is 11.0 Å². The van der Waals surface area contributed by atoms with Crippen LogP contribution in [0.2, 0.25) is 0 Å². The van der Waals surface area contributed by atoms with Crippen molar-refractivity contribution in [1.29, 1.82) is 0 Å². The summed E-state index contributed by atoms with van der Waals surface area (Å²) in [6.45, 7) is 6.76. The Balaban J connectivity index is 1.74. The van der Waals surface area contributed by atoms with E-state index < -0.39 is 5.60 Å². The minimum atomic E-state index is -0.506. The number of carbonyl (C=O) groups excluding carboxylic acids is 1. The van der Waals surface area contributed by atoms with Gasteiger partial charge in [0.2, 0.25) is 0 Å². The number of nitrogens with zero attached hydrogens (tertiary/aromatic N) is 3. The minimum absolute atomic E-state index is 0.140. The predicted octanol–water partition coefficient (Wildman–Crippen LogP) is 3.45. The highest BCUT2D eigenvalue weighted by Crippen LogP contribution is 2.26. The van der Waals surface area contributed by atoms with Gasteiger partial charge in [0.1, 0.15) is 11.7 Å². The van der Waals surface area contributed by atoms with Crippen LogP contribution >= 0.6 is 0 Å². The largest absolute Gasteiger partial charge is 0.470 e. The van der Waals surface area contributed by atoms with Crippen molar-refractivity contribution >= 4 is 22.9 Å². The molecule has 1 atom stereocenters. The number of rotatable bonds is 3. The van der Waals surface area contributed by atoms with Gasteiger partial charge in [0.15, 0.2) is 5.82 Å². The van der Waals surface area contributed by atoms with Crippen LogP contribution in [0, 0.1) is 0 Å². The Morgan fingerprint density at radius 2 is 1.92 bits per heavy atom. The molecule has 1 aliphatic rings. The quantitative estimate of drug-likeness (QED) is 0.906. The zero-order valence-electron chi connectivity index (χ0n) is 15.8. The Hall–Kier alpha value is -2.57. The van der Waals surface area contributed by atoms with Crippen LogP contribution in [0.4, 0.5) is 10.6 Å². The molecule has 2 heterocycles. The molecule has 7 nitrogen and oxygen atoms in total. The lowest BCUT2D eigenvalue weighted by Gasteiger charge is -2.34. The van der Waals surface area contributed by atoms with E-state index in [9.17, 15) is 4.79 Å². The Morgan fingerprint density at radius 3 is 2.58 bits per heavy atom. The average molecular weight is 358 g/mol. The summed E-state index contributed by atoms with van der Waals surface area (Å²) in [7, 11) is 1.79. The standard InChI is InChI=1S/C19H26N4O3/c1-19(2,3)26-18(24)23-11-7-8-13(12-23)25-17-16(20-4)21-14-9-5-6-10-15(14)22-17/h5-6,9-10,13H,7-8,11-12H2,1-4H3,(H,20,21)/t13-/m0/s1. The molecule has 26 heavy (non-hydrogen) atoms. The summed E-state index contributed by atoms with van der Waals surface area (Å²) in [5.41, 5.74) is 1.08. The second-order valence-electron chi connectivity index (χ2n) is 7.42. The zero-order chi connectivity index (χ0) is 18.7.